The highest BCUT2D eigenvalue weighted by atomic mass is 16.4. The topological polar surface area (TPSA) is 107 Å². The fraction of sp³-hybridized carbons (Fsp3) is 0.368. The van der Waals surface area contributed by atoms with Gasteiger partial charge in [-0.3, -0.25) is 9.59 Å². The van der Waals surface area contributed by atoms with Gasteiger partial charge in [-0.05, 0) is 37.1 Å². The molecule has 2 heterocycles. The van der Waals surface area contributed by atoms with Crippen molar-refractivity contribution in [3.8, 4) is 0 Å². The van der Waals surface area contributed by atoms with Gasteiger partial charge in [-0.15, -0.1) is 0 Å². The fourth-order valence-electron chi connectivity index (χ4n) is 3.07. The van der Waals surface area contributed by atoms with E-state index in [4.69, 9.17) is 5.11 Å². The van der Waals surface area contributed by atoms with E-state index in [1.807, 2.05) is 18.2 Å². The number of hydrogen-bond acceptors (Lipinski definition) is 6. The molecule has 0 unspecified atom stereocenters. The number of amides is 1. The summed E-state index contributed by atoms with van der Waals surface area (Å²) in [6.07, 6.45) is 5.26. The quantitative estimate of drug-likeness (QED) is 0.682. The second-order valence-electron chi connectivity index (χ2n) is 6.43. The fourth-order valence-corrected chi connectivity index (χ4v) is 3.07. The molecule has 1 fully saturated rings. The average molecular weight is 369 g/mol. The van der Waals surface area contributed by atoms with Gasteiger partial charge in [0.25, 0.3) is 5.91 Å². The van der Waals surface area contributed by atoms with Crippen LogP contribution in [0.3, 0.4) is 0 Å². The first-order valence-corrected chi connectivity index (χ1v) is 9.00. The molecule has 1 aliphatic heterocycles. The van der Waals surface area contributed by atoms with Crippen molar-refractivity contribution in [2.24, 2.45) is 0 Å². The number of benzene rings is 1. The number of aliphatic carboxylic acids is 1. The number of hydrogen-bond donors (Lipinski definition) is 3. The summed E-state index contributed by atoms with van der Waals surface area (Å²) in [5.41, 5.74) is 1.53. The van der Waals surface area contributed by atoms with Gasteiger partial charge < -0.3 is 20.6 Å². The standard InChI is InChI=1S/C19H23N5O3/c25-17(26)5-10-20-18(27)14-3-1-4-16(13-14)24-11-6-15(7-12-24)23-19-21-8-2-9-22-19/h1-4,8-9,13,15H,5-7,10-12H2,(H,20,27)(H,25,26)(H,21,22,23). The zero-order chi connectivity index (χ0) is 19.1. The van der Waals surface area contributed by atoms with Crippen molar-refractivity contribution < 1.29 is 14.7 Å². The lowest BCUT2D eigenvalue weighted by Crippen LogP contribution is -2.39. The molecule has 1 saturated heterocycles. The van der Waals surface area contributed by atoms with E-state index in [9.17, 15) is 9.59 Å². The van der Waals surface area contributed by atoms with E-state index in [0.29, 0.717) is 17.6 Å². The normalized spacial score (nSPS) is 14.6. The highest BCUT2D eigenvalue weighted by molar-refractivity contribution is 5.95. The third-order valence-electron chi connectivity index (χ3n) is 4.49. The molecule has 1 aromatic heterocycles. The molecule has 0 radical (unpaired) electrons. The van der Waals surface area contributed by atoms with Crippen LogP contribution in [-0.4, -0.2) is 52.6 Å². The molecule has 1 aliphatic rings. The van der Waals surface area contributed by atoms with Crippen LogP contribution < -0.4 is 15.5 Å². The van der Waals surface area contributed by atoms with E-state index >= 15 is 0 Å². The molecule has 0 spiro atoms. The molecular formula is C19H23N5O3. The van der Waals surface area contributed by atoms with Crippen molar-refractivity contribution in [1.82, 2.24) is 15.3 Å². The molecule has 3 rings (SSSR count). The smallest absolute Gasteiger partial charge is 0.305 e. The lowest BCUT2D eigenvalue weighted by molar-refractivity contribution is -0.136. The van der Waals surface area contributed by atoms with Gasteiger partial charge in [-0.2, -0.15) is 0 Å². The van der Waals surface area contributed by atoms with Gasteiger partial charge in [-0.25, -0.2) is 9.97 Å². The van der Waals surface area contributed by atoms with Crippen LogP contribution >= 0.6 is 0 Å². The zero-order valence-electron chi connectivity index (χ0n) is 15.0. The Kier molecular flexibility index (Phi) is 6.19. The number of rotatable bonds is 7. The lowest BCUT2D eigenvalue weighted by Gasteiger charge is -2.34. The van der Waals surface area contributed by atoms with E-state index in [-0.39, 0.29) is 18.9 Å². The predicted molar refractivity (Wildman–Crippen MR) is 102 cm³/mol. The van der Waals surface area contributed by atoms with E-state index < -0.39 is 5.97 Å². The Hall–Kier alpha value is -3.16. The largest absolute Gasteiger partial charge is 0.481 e. The van der Waals surface area contributed by atoms with Crippen LogP contribution in [0.25, 0.3) is 0 Å². The number of aromatic nitrogens is 2. The van der Waals surface area contributed by atoms with Crippen LogP contribution in [0, 0.1) is 0 Å². The third kappa shape index (κ3) is 5.40. The Morgan fingerprint density at radius 1 is 1.15 bits per heavy atom. The maximum absolute atomic E-state index is 12.2. The van der Waals surface area contributed by atoms with Gasteiger partial charge in [0.05, 0.1) is 6.42 Å². The van der Waals surface area contributed by atoms with Crippen LogP contribution in [0.2, 0.25) is 0 Å². The van der Waals surface area contributed by atoms with Crippen LogP contribution in [0.15, 0.2) is 42.7 Å². The molecule has 3 N–H and O–H groups in total. The van der Waals surface area contributed by atoms with Crippen molar-refractivity contribution in [3.63, 3.8) is 0 Å². The van der Waals surface area contributed by atoms with Crippen molar-refractivity contribution in [2.45, 2.75) is 25.3 Å². The highest BCUT2D eigenvalue weighted by Gasteiger charge is 2.20. The SMILES string of the molecule is O=C(O)CCNC(=O)c1cccc(N2CCC(Nc3ncccn3)CC2)c1. The first-order chi connectivity index (χ1) is 13.1. The minimum absolute atomic E-state index is 0.0862. The molecule has 0 aliphatic carbocycles. The molecule has 1 aromatic carbocycles. The van der Waals surface area contributed by atoms with E-state index in [0.717, 1.165) is 31.6 Å². The molecule has 0 atom stereocenters. The van der Waals surface area contributed by atoms with Crippen molar-refractivity contribution in [2.75, 3.05) is 29.9 Å². The summed E-state index contributed by atoms with van der Waals surface area (Å²) < 4.78 is 0. The summed E-state index contributed by atoms with van der Waals surface area (Å²) in [6.45, 7) is 1.86. The highest BCUT2D eigenvalue weighted by Crippen LogP contribution is 2.22. The predicted octanol–water partition coefficient (Wildman–Crippen LogP) is 1.76. The molecule has 0 bridgehead atoms. The Morgan fingerprint density at radius 3 is 2.59 bits per heavy atom. The summed E-state index contributed by atoms with van der Waals surface area (Å²) in [5.74, 6) is -0.534. The number of carbonyl (C=O) groups excluding carboxylic acids is 1. The maximum Gasteiger partial charge on any atom is 0.305 e. The summed E-state index contributed by atoms with van der Waals surface area (Å²) in [7, 11) is 0. The molecular weight excluding hydrogens is 346 g/mol. The van der Waals surface area contributed by atoms with Gasteiger partial charge in [0.1, 0.15) is 0 Å². The molecule has 0 saturated carbocycles. The van der Waals surface area contributed by atoms with E-state index in [1.165, 1.54) is 0 Å². The van der Waals surface area contributed by atoms with Gasteiger partial charge in [0.15, 0.2) is 0 Å². The number of carboxylic acids is 1. The maximum atomic E-state index is 12.2. The third-order valence-corrected chi connectivity index (χ3v) is 4.49. The molecule has 2 aromatic rings. The van der Waals surface area contributed by atoms with Gasteiger partial charge in [0.2, 0.25) is 5.95 Å². The van der Waals surface area contributed by atoms with Gasteiger partial charge in [0, 0.05) is 49.3 Å². The molecule has 1 amide bonds. The van der Waals surface area contributed by atoms with Crippen LogP contribution in [0.4, 0.5) is 11.6 Å². The Balaban J connectivity index is 1.53. The number of anilines is 2. The molecule has 142 valence electrons. The Morgan fingerprint density at radius 2 is 1.89 bits per heavy atom. The Bertz CT molecular complexity index is 776. The number of nitrogens with one attached hydrogen (secondary N) is 2. The summed E-state index contributed by atoms with van der Waals surface area (Å²) >= 11 is 0. The molecule has 8 heteroatoms. The average Bonchev–Trinajstić information content (AvgIpc) is 2.69. The monoisotopic (exact) mass is 369 g/mol. The van der Waals surface area contributed by atoms with Gasteiger partial charge >= 0.3 is 5.97 Å². The number of carboxylic acid groups (broad SMARTS) is 1. The molecule has 8 nitrogen and oxygen atoms in total. The number of piperidine rings is 1. The van der Waals surface area contributed by atoms with Crippen molar-refractivity contribution in [1.29, 1.82) is 0 Å². The minimum Gasteiger partial charge on any atom is -0.481 e. The number of carbonyl (C=O) groups is 2. The number of nitrogens with zero attached hydrogens (tertiary/aromatic N) is 3. The Labute approximate surface area is 157 Å². The lowest BCUT2D eigenvalue weighted by atomic mass is 10.0. The minimum atomic E-state index is -0.929. The summed E-state index contributed by atoms with van der Waals surface area (Å²) in [6, 6.07) is 9.54. The van der Waals surface area contributed by atoms with Crippen LogP contribution in [0.5, 0.6) is 0 Å². The van der Waals surface area contributed by atoms with E-state index in [1.54, 1.807) is 24.5 Å². The van der Waals surface area contributed by atoms with Gasteiger partial charge in [-0.1, -0.05) is 6.07 Å². The van der Waals surface area contributed by atoms with Crippen LogP contribution in [0.1, 0.15) is 29.6 Å². The second kappa shape index (κ2) is 8.98. The summed E-state index contributed by atoms with van der Waals surface area (Å²) in [4.78, 5) is 33.4. The van der Waals surface area contributed by atoms with Crippen LogP contribution in [-0.2, 0) is 4.79 Å². The first-order valence-electron chi connectivity index (χ1n) is 9.00. The summed E-state index contributed by atoms with van der Waals surface area (Å²) in [5, 5.41) is 14.6. The first kappa shape index (κ1) is 18.6. The second-order valence-corrected chi connectivity index (χ2v) is 6.43. The van der Waals surface area contributed by atoms with E-state index in [2.05, 4.69) is 25.5 Å². The van der Waals surface area contributed by atoms with Crippen molar-refractivity contribution >= 4 is 23.5 Å². The van der Waals surface area contributed by atoms with Crippen molar-refractivity contribution in [3.05, 3.63) is 48.3 Å². The molecule has 27 heavy (non-hydrogen) atoms. The zero-order valence-corrected chi connectivity index (χ0v) is 15.0.